The average molecular weight is 300 g/mol. The minimum atomic E-state index is 0.371. The topological polar surface area (TPSA) is 80.4 Å². The van der Waals surface area contributed by atoms with Crippen LogP contribution >= 0.6 is 0 Å². The van der Waals surface area contributed by atoms with Crippen molar-refractivity contribution in [3.8, 4) is 11.6 Å². The number of ether oxygens (including phenoxy) is 1. The van der Waals surface area contributed by atoms with Crippen LogP contribution in [0.5, 0.6) is 11.6 Å². The molecule has 0 radical (unpaired) electrons. The van der Waals surface area contributed by atoms with E-state index in [1.807, 2.05) is 6.07 Å². The number of aromatic nitrogens is 3. The maximum absolute atomic E-state index is 6.20. The number of pyridine rings is 1. The summed E-state index contributed by atoms with van der Waals surface area (Å²) < 4.78 is 5.71. The molecular weight excluding hydrogens is 280 g/mol. The fraction of sp³-hybridized carbons (Fsp3) is 0.400. The van der Waals surface area contributed by atoms with Crippen LogP contribution in [0.1, 0.15) is 6.92 Å². The van der Waals surface area contributed by atoms with Gasteiger partial charge in [0.15, 0.2) is 5.82 Å². The van der Waals surface area contributed by atoms with Gasteiger partial charge in [-0.2, -0.15) is 4.98 Å². The average Bonchev–Trinajstić information content (AvgIpc) is 2.58. The van der Waals surface area contributed by atoms with Gasteiger partial charge in [0, 0.05) is 32.4 Å². The summed E-state index contributed by atoms with van der Waals surface area (Å²) in [7, 11) is 0. The molecule has 1 fully saturated rings. The van der Waals surface area contributed by atoms with Gasteiger partial charge in [0.1, 0.15) is 17.8 Å². The van der Waals surface area contributed by atoms with Gasteiger partial charge < -0.3 is 20.3 Å². The van der Waals surface area contributed by atoms with Crippen LogP contribution in [0.15, 0.2) is 30.9 Å². The second-order valence-electron chi connectivity index (χ2n) is 5.13. The van der Waals surface area contributed by atoms with Crippen molar-refractivity contribution in [3.05, 3.63) is 30.9 Å². The number of piperazine rings is 1. The molecule has 22 heavy (non-hydrogen) atoms. The van der Waals surface area contributed by atoms with Crippen molar-refractivity contribution >= 4 is 11.5 Å². The first-order valence-electron chi connectivity index (χ1n) is 7.43. The zero-order valence-electron chi connectivity index (χ0n) is 12.6. The van der Waals surface area contributed by atoms with Crippen molar-refractivity contribution in [1.82, 2.24) is 19.9 Å². The van der Waals surface area contributed by atoms with Gasteiger partial charge in [-0.25, -0.2) is 4.98 Å². The van der Waals surface area contributed by atoms with E-state index in [0.717, 1.165) is 38.5 Å². The van der Waals surface area contributed by atoms with Crippen molar-refractivity contribution in [3.63, 3.8) is 0 Å². The van der Waals surface area contributed by atoms with E-state index in [2.05, 4.69) is 31.7 Å². The van der Waals surface area contributed by atoms with Gasteiger partial charge in [-0.3, -0.25) is 4.98 Å². The van der Waals surface area contributed by atoms with Crippen LogP contribution in [0, 0.1) is 0 Å². The molecule has 0 aromatic carbocycles. The molecular formula is C15H20N6O. The molecule has 116 valence electrons. The summed E-state index contributed by atoms with van der Waals surface area (Å²) in [4.78, 5) is 17.1. The number of nitrogens with two attached hydrogens (primary N) is 1. The van der Waals surface area contributed by atoms with Gasteiger partial charge in [-0.1, -0.05) is 6.92 Å². The Morgan fingerprint density at radius 3 is 2.73 bits per heavy atom. The Kier molecular flexibility index (Phi) is 4.34. The molecule has 7 nitrogen and oxygen atoms in total. The molecule has 3 heterocycles. The number of nitrogens with zero attached hydrogens (tertiary/aromatic N) is 5. The number of rotatable bonds is 4. The van der Waals surface area contributed by atoms with Crippen molar-refractivity contribution in [2.45, 2.75) is 6.92 Å². The third-order valence-corrected chi connectivity index (χ3v) is 3.79. The summed E-state index contributed by atoms with van der Waals surface area (Å²) >= 11 is 0. The van der Waals surface area contributed by atoms with Gasteiger partial charge in [0.05, 0.1) is 6.20 Å². The van der Waals surface area contributed by atoms with E-state index in [9.17, 15) is 0 Å². The quantitative estimate of drug-likeness (QED) is 0.913. The monoisotopic (exact) mass is 300 g/mol. The van der Waals surface area contributed by atoms with Crippen LogP contribution in [0.25, 0.3) is 0 Å². The highest BCUT2D eigenvalue weighted by Gasteiger charge is 2.21. The van der Waals surface area contributed by atoms with E-state index in [0.29, 0.717) is 17.3 Å². The highest BCUT2D eigenvalue weighted by molar-refractivity contribution is 5.68. The Morgan fingerprint density at radius 2 is 2.05 bits per heavy atom. The first-order valence-corrected chi connectivity index (χ1v) is 7.43. The van der Waals surface area contributed by atoms with Gasteiger partial charge >= 0.3 is 0 Å². The second-order valence-corrected chi connectivity index (χ2v) is 5.13. The predicted octanol–water partition coefficient (Wildman–Crippen LogP) is 1.39. The van der Waals surface area contributed by atoms with Crippen molar-refractivity contribution in [2.75, 3.05) is 43.4 Å². The lowest BCUT2D eigenvalue weighted by atomic mass is 10.3. The standard InChI is InChI=1S/C15H20N6O/c1-2-20-6-8-21(9-7-20)14-13(16)15(19-11-18-14)22-12-4-3-5-17-10-12/h3-5,10-11H,2,6-9,16H2,1H3. The lowest BCUT2D eigenvalue weighted by Crippen LogP contribution is -2.46. The maximum atomic E-state index is 6.20. The first-order chi connectivity index (χ1) is 10.8. The summed E-state index contributed by atoms with van der Waals surface area (Å²) in [6.45, 7) is 7.08. The second kappa shape index (κ2) is 6.57. The molecule has 0 amide bonds. The summed E-state index contributed by atoms with van der Waals surface area (Å²) in [5.74, 6) is 1.72. The lowest BCUT2D eigenvalue weighted by molar-refractivity contribution is 0.270. The Morgan fingerprint density at radius 1 is 1.23 bits per heavy atom. The summed E-state index contributed by atoms with van der Waals surface area (Å²) in [5, 5.41) is 0. The van der Waals surface area contributed by atoms with Crippen LogP contribution < -0.4 is 15.4 Å². The minimum absolute atomic E-state index is 0.371. The Bertz CT molecular complexity index is 613. The molecule has 2 aromatic rings. The summed E-state index contributed by atoms with van der Waals surface area (Å²) in [6.07, 6.45) is 4.81. The molecule has 0 atom stereocenters. The number of hydrogen-bond acceptors (Lipinski definition) is 7. The van der Waals surface area contributed by atoms with Gasteiger partial charge in [-0.15, -0.1) is 0 Å². The van der Waals surface area contributed by atoms with Crippen LogP contribution in [0.4, 0.5) is 11.5 Å². The third-order valence-electron chi connectivity index (χ3n) is 3.79. The third kappa shape index (κ3) is 3.09. The van der Waals surface area contributed by atoms with Gasteiger partial charge in [0.2, 0.25) is 5.88 Å². The summed E-state index contributed by atoms with van der Waals surface area (Å²) in [5.41, 5.74) is 6.67. The maximum Gasteiger partial charge on any atom is 0.248 e. The van der Waals surface area contributed by atoms with E-state index in [4.69, 9.17) is 10.5 Å². The molecule has 3 rings (SSSR count). The molecule has 7 heteroatoms. The first kappa shape index (κ1) is 14.5. The lowest BCUT2D eigenvalue weighted by Gasteiger charge is -2.35. The number of hydrogen-bond donors (Lipinski definition) is 1. The zero-order valence-corrected chi connectivity index (χ0v) is 12.6. The van der Waals surface area contributed by atoms with Crippen LogP contribution in [-0.2, 0) is 0 Å². The zero-order chi connectivity index (χ0) is 15.4. The van der Waals surface area contributed by atoms with E-state index in [-0.39, 0.29) is 0 Å². The highest BCUT2D eigenvalue weighted by atomic mass is 16.5. The van der Waals surface area contributed by atoms with E-state index >= 15 is 0 Å². The molecule has 0 aliphatic carbocycles. The SMILES string of the molecule is CCN1CCN(c2ncnc(Oc3cccnc3)c2N)CC1. The Balaban J connectivity index is 1.77. The minimum Gasteiger partial charge on any atom is -0.435 e. The Labute approximate surface area is 129 Å². The van der Waals surface area contributed by atoms with Crippen molar-refractivity contribution in [2.24, 2.45) is 0 Å². The normalized spacial score (nSPS) is 15.8. The van der Waals surface area contributed by atoms with Gasteiger partial charge in [-0.05, 0) is 18.7 Å². The summed E-state index contributed by atoms with van der Waals surface area (Å²) in [6, 6.07) is 3.62. The van der Waals surface area contributed by atoms with Crippen LogP contribution in [0.2, 0.25) is 0 Å². The van der Waals surface area contributed by atoms with Crippen LogP contribution in [0.3, 0.4) is 0 Å². The van der Waals surface area contributed by atoms with Gasteiger partial charge in [0.25, 0.3) is 0 Å². The van der Waals surface area contributed by atoms with Crippen molar-refractivity contribution in [1.29, 1.82) is 0 Å². The van der Waals surface area contributed by atoms with E-state index < -0.39 is 0 Å². The molecule has 2 aromatic heterocycles. The van der Waals surface area contributed by atoms with E-state index in [1.165, 1.54) is 6.33 Å². The van der Waals surface area contributed by atoms with Crippen LogP contribution in [-0.4, -0.2) is 52.6 Å². The fourth-order valence-corrected chi connectivity index (χ4v) is 2.50. The van der Waals surface area contributed by atoms with E-state index in [1.54, 1.807) is 18.5 Å². The predicted molar refractivity (Wildman–Crippen MR) is 85.1 cm³/mol. The Hall–Kier alpha value is -2.41. The molecule has 1 aliphatic rings. The molecule has 1 aliphatic heterocycles. The fourth-order valence-electron chi connectivity index (χ4n) is 2.50. The van der Waals surface area contributed by atoms with Crippen molar-refractivity contribution < 1.29 is 4.74 Å². The molecule has 0 bridgehead atoms. The molecule has 2 N–H and O–H groups in total. The number of nitrogen functional groups attached to an aromatic ring is 1. The molecule has 0 saturated carbocycles. The molecule has 0 spiro atoms. The molecule has 1 saturated heterocycles. The largest absolute Gasteiger partial charge is 0.435 e. The number of likely N-dealkylation sites (N-methyl/N-ethyl adjacent to an activating group) is 1. The highest BCUT2D eigenvalue weighted by Crippen LogP contribution is 2.31. The molecule has 0 unspecified atom stereocenters. The smallest absolute Gasteiger partial charge is 0.248 e. The number of anilines is 2.